The van der Waals surface area contributed by atoms with E-state index in [0.29, 0.717) is 54.4 Å². The quantitative estimate of drug-likeness (QED) is 0.232. The van der Waals surface area contributed by atoms with E-state index in [0.717, 1.165) is 48.2 Å². The minimum Gasteiger partial charge on any atom is -0.493 e. The molecular weight excluding hydrogens is 600 g/mol. The normalized spacial score (nSPS) is 27.1. The summed E-state index contributed by atoms with van der Waals surface area (Å²) in [7, 11) is 4.07. The summed E-state index contributed by atoms with van der Waals surface area (Å²) >= 11 is 0. The standard InChI is InChI=1S/C40H60N4O4/c1-10-27-24-48-44(36(27)39(46)42-35-21-31-20-34(26(35)5)40(31,6)7)22-30-16-13-17-33(37(30)47-11-2)28-14-12-15-29(19-28)38(45)41-32(18-25(3)4)23-43(8)9/h12-17,19,25-27,31-32,34-36H,10-11,18,20-24H2,1-9H3,(H,41,45)(H,42,46)/t26-,27-,31+,32+,34-,35-,36-/m0/s1. The average Bonchev–Trinajstić information content (AvgIpc) is 3.44. The molecule has 3 aliphatic carbocycles. The number of nitrogens with one attached hydrogen (secondary N) is 2. The number of likely N-dealkylation sites (N-methyl/N-ethyl adjacent to an activating group) is 1. The third-order valence-corrected chi connectivity index (χ3v) is 11.5. The third kappa shape index (κ3) is 7.76. The molecule has 1 saturated heterocycles. The topological polar surface area (TPSA) is 83.1 Å². The van der Waals surface area contributed by atoms with Crippen molar-refractivity contribution in [2.75, 3.05) is 33.9 Å². The van der Waals surface area contributed by atoms with Gasteiger partial charge in [-0.15, -0.1) is 0 Å². The molecule has 264 valence electrons. The highest BCUT2D eigenvalue weighted by molar-refractivity contribution is 5.96. The second kappa shape index (κ2) is 15.3. The van der Waals surface area contributed by atoms with Crippen LogP contribution in [0.25, 0.3) is 11.1 Å². The van der Waals surface area contributed by atoms with E-state index in [1.165, 1.54) is 6.42 Å². The van der Waals surface area contributed by atoms with E-state index in [1.54, 1.807) is 0 Å². The molecule has 4 aliphatic rings. The molecule has 1 heterocycles. The van der Waals surface area contributed by atoms with Crippen molar-refractivity contribution in [3.8, 4) is 16.9 Å². The highest BCUT2D eigenvalue weighted by Crippen LogP contribution is 2.61. The predicted molar refractivity (Wildman–Crippen MR) is 192 cm³/mol. The maximum absolute atomic E-state index is 14.0. The van der Waals surface area contributed by atoms with Gasteiger partial charge in [-0.2, -0.15) is 5.06 Å². The Morgan fingerprint density at radius 1 is 1.10 bits per heavy atom. The lowest BCUT2D eigenvalue weighted by Gasteiger charge is -2.62. The van der Waals surface area contributed by atoms with Gasteiger partial charge in [0.15, 0.2) is 0 Å². The Balaban J connectivity index is 1.35. The molecule has 0 unspecified atom stereocenters. The third-order valence-electron chi connectivity index (χ3n) is 11.5. The Labute approximate surface area is 289 Å². The summed E-state index contributed by atoms with van der Waals surface area (Å²) < 4.78 is 6.32. The zero-order chi connectivity index (χ0) is 34.7. The van der Waals surface area contributed by atoms with Crippen molar-refractivity contribution in [2.24, 2.45) is 35.0 Å². The van der Waals surface area contributed by atoms with E-state index in [9.17, 15) is 9.59 Å². The largest absolute Gasteiger partial charge is 0.493 e. The highest BCUT2D eigenvalue weighted by atomic mass is 16.7. The highest BCUT2D eigenvalue weighted by Gasteiger charge is 2.56. The molecule has 3 saturated carbocycles. The molecule has 2 aromatic rings. The van der Waals surface area contributed by atoms with Gasteiger partial charge in [0.25, 0.3) is 5.91 Å². The summed E-state index contributed by atoms with van der Waals surface area (Å²) in [6.07, 6.45) is 4.13. The van der Waals surface area contributed by atoms with Crippen molar-refractivity contribution in [1.29, 1.82) is 0 Å². The van der Waals surface area contributed by atoms with Gasteiger partial charge in [-0.05, 0) is 93.5 Å². The number of ether oxygens (including phenoxy) is 1. The number of amides is 2. The van der Waals surface area contributed by atoms with Crippen LogP contribution < -0.4 is 15.4 Å². The fraction of sp³-hybridized carbons (Fsp3) is 0.650. The zero-order valence-corrected chi connectivity index (χ0v) is 30.8. The second-order valence-electron chi connectivity index (χ2n) is 15.9. The van der Waals surface area contributed by atoms with Crippen LogP contribution >= 0.6 is 0 Å². The van der Waals surface area contributed by atoms with E-state index < -0.39 is 0 Å². The van der Waals surface area contributed by atoms with Crippen molar-refractivity contribution in [2.45, 2.75) is 98.8 Å². The Hall–Kier alpha value is -2.94. The van der Waals surface area contributed by atoms with Crippen LogP contribution in [0.3, 0.4) is 0 Å². The molecule has 2 aromatic carbocycles. The summed E-state index contributed by atoms with van der Waals surface area (Å²) in [6, 6.07) is 13.8. The van der Waals surface area contributed by atoms with Crippen LogP contribution in [0.1, 0.15) is 90.1 Å². The van der Waals surface area contributed by atoms with Gasteiger partial charge in [-0.25, -0.2) is 0 Å². The van der Waals surface area contributed by atoms with E-state index in [2.05, 4.69) is 63.1 Å². The average molecular weight is 661 g/mol. The van der Waals surface area contributed by atoms with Gasteiger partial charge >= 0.3 is 0 Å². The van der Waals surface area contributed by atoms with Gasteiger partial charge in [0.1, 0.15) is 11.8 Å². The maximum Gasteiger partial charge on any atom is 0.251 e. The molecule has 4 fully saturated rings. The molecule has 2 bridgehead atoms. The first-order valence-corrected chi connectivity index (χ1v) is 18.3. The molecule has 2 N–H and O–H groups in total. The van der Waals surface area contributed by atoms with Crippen LogP contribution in [0.4, 0.5) is 0 Å². The van der Waals surface area contributed by atoms with Crippen LogP contribution in [-0.4, -0.2) is 73.8 Å². The number of carbonyl (C=O) groups excluding carboxylic acids is 2. The van der Waals surface area contributed by atoms with E-state index >= 15 is 0 Å². The number of nitrogens with zero attached hydrogens (tertiary/aromatic N) is 2. The molecule has 8 heteroatoms. The Kier molecular flexibility index (Phi) is 11.6. The molecule has 0 radical (unpaired) electrons. The lowest BCUT2D eigenvalue weighted by atomic mass is 9.45. The monoisotopic (exact) mass is 660 g/mol. The zero-order valence-electron chi connectivity index (χ0n) is 30.8. The van der Waals surface area contributed by atoms with Crippen molar-refractivity contribution >= 4 is 11.8 Å². The lowest BCUT2D eigenvalue weighted by Crippen LogP contribution is -2.62. The Morgan fingerprint density at radius 3 is 2.50 bits per heavy atom. The summed E-state index contributed by atoms with van der Waals surface area (Å²) in [5, 5.41) is 8.63. The Morgan fingerprint density at radius 2 is 1.85 bits per heavy atom. The number of hydroxylamine groups is 2. The van der Waals surface area contributed by atoms with Crippen molar-refractivity contribution < 1.29 is 19.2 Å². The van der Waals surface area contributed by atoms with Gasteiger partial charge < -0.3 is 20.3 Å². The number of benzene rings is 2. The van der Waals surface area contributed by atoms with E-state index in [-0.39, 0.29) is 35.9 Å². The Bertz CT molecular complexity index is 1410. The minimum atomic E-state index is -0.362. The summed E-state index contributed by atoms with van der Waals surface area (Å²) in [5.74, 6) is 3.18. The number of para-hydroxylation sites is 1. The van der Waals surface area contributed by atoms with Gasteiger partial charge in [-0.3, -0.25) is 14.4 Å². The lowest BCUT2D eigenvalue weighted by molar-refractivity contribution is -0.161. The number of rotatable bonds is 14. The molecule has 8 nitrogen and oxygen atoms in total. The second-order valence-corrected chi connectivity index (χ2v) is 15.9. The first-order valence-electron chi connectivity index (χ1n) is 18.3. The molecule has 0 spiro atoms. The number of fused-ring (bicyclic) bond motifs is 2. The van der Waals surface area contributed by atoms with Gasteiger partial charge in [0, 0.05) is 41.2 Å². The fourth-order valence-electron chi connectivity index (χ4n) is 8.74. The van der Waals surface area contributed by atoms with Gasteiger partial charge in [0.2, 0.25) is 5.91 Å². The van der Waals surface area contributed by atoms with E-state index in [4.69, 9.17) is 9.57 Å². The summed E-state index contributed by atoms with van der Waals surface area (Å²) in [5.41, 5.74) is 3.78. The molecular formula is C40H60N4O4. The molecule has 1 aliphatic heterocycles. The first kappa shape index (κ1) is 36.3. The van der Waals surface area contributed by atoms with E-state index in [1.807, 2.05) is 62.5 Å². The maximum atomic E-state index is 14.0. The molecule has 2 amide bonds. The summed E-state index contributed by atoms with van der Waals surface area (Å²) in [6.45, 7) is 17.8. The van der Waals surface area contributed by atoms with Crippen molar-refractivity contribution in [3.63, 3.8) is 0 Å². The fourth-order valence-corrected chi connectivity index (χ4v) is 8.74. The first-order chi connectivity index (χ1) is 22.8. The van der Waals surface area contributed by atoms with Gasteiger partial charge in [0.05, 0.1) is 19.8 Å². The molecule has 0 aromatic heterocycles. The smallest absolute Gasteiger partial charge is 0.251 e. The van der Waals surface area contributed by atoms with Crippen LogP contribution in [0.5, 0.6) is 5.75 Å². The van der Waals surface area contributed by atoms with Crippen molar-refractivity contribution in [1.82, 2.24) is 20.6 Å². The van der Waals surface area contributed by atoms with Crippen molar-refractivity contribution in [3.05, 3.63) is 53.6 Å². The van der Waals surface area contributed by atoms with Crippen LogP contribution in [-0.2, 0) is 16.2 Å². The molecule has 6 rings (SSSR count). The molecule has 7 atom stereocenters. The summed E-state index contributed by atoms with van der Waals surface area (Å²) in [4.78, 5) is 35.8. The minimum absolute atomic E-state index is 0.0647. The molecule has 48 heavy (non-hydrogen) atoms. The predicted octanol–water partition coefficient (Wildman–Crippen LogP) is 6.79. The number of hydrogen-bond acceptors (Lipinski definition) is 6. The van der Waals surface area contributed by atoms with Crippen LogP contribution in [0, 0.1) is 35.0 Å². The number of carbonyl (C=O) groups is 2. The number of hydrogen-bond donors (Lipinski definition) is 2. The SMILES string of the molecule is CCOc1c(CN2OC[C@H](CC)[C@H]2C(=O)N[C@H]2C[C@H]3C[C@@H]([C@@H]2C)C3(C)C)cccc1-c1cccc(C(=O)N[C@H](CC(C)C)CN(C)C)c1. The van der Waals surface area contributed by atoms with Crippen LogP contribution in [0.15, 0.2) is 42.5 Å². The van der Waals surface area contributed by atoms with Gasteiger partial charge in [-0.1, -0.05) is 71.9 Å². The van der Waals surface area contributed by atoms with Crippen LogP contribution in [0.2, 0.25) is 0 Å².